The molecule has 112 valence electrons. The van der Waals surface area contributed by atoms with Crippen LogP contribution in [0.15, 0.2) is 10.9 Å². The normalized spacial score (nSPS) is 17.4. The van der Waals surface area contributed by atoms with E-state index in [4.69, 9.17) is 0 Å². The molecular formula is C16H27N3O. The highest BCUT2D eigenvalue weighted by atomic mass is 16.1. The van der Waals surface area contributed by atoms with Crippen molar-refractivity contribution in [2.75, 3.05) is 6.54 Å². The zero-order valence-electron chi connectivity index (χ0n) is 12.7. The van der Waals surface area contributed by atoms with Gasteiger partial charge in [0.15, 0.2) is 0 Å². The van der Waals surface area contributed by atoms with E-state index in [9.17, 15) is 4.79 Å². The predicted octanol–water partition coefficient (Wildman–Crippen LogP) is 2.95. The molecule has 0 amide bonds. The van der Waals surface area contributed by atoms with Crippen LogP contribution in [0.5, 0.6) is 0 Å². The zero-order valence-corrected chi connectivity index (χ0v) is 12.7. The maximum Gasteiger partial charge on any atom is 0.251 e. The van der Waals surface area contributed by atoms with E-state index in [1.165, 1.54) is 25.7 Å². The summed E-state index contributed by atoms with van der Waals surface area (Å²) in [6.45, 7) is 5.99. The van der Waals surface area contributed by atoms with E-state index in [1.807, 2.05) is 0 Å². The molecule has 4 heteroatoms. The van der Waals surface area contributed by atoms with Gasteiger partial charge in [0.1, 0.15) is 5.82 Å². The molecule has 1 aliphatic carbocycles. The smallest absolute Gasteiger partial charge is 0.251 e. The van der Waals surface area contributed by atoms with Crippen LogP contribution < -0.4 is 10.9 Å². The van der Waals surface area contributed by atoms with Crippen LogP contribution >= 0.6 is 0 Å². The van der Waals surface area contributed by atoms with Gasteiger partial charge in [0.05, 0.1) is 5.69 Å². The molecule has 1 aromatic rings. The lowest BCUT2D eigenvalue weighted by atomic mass is 9.99. The van der Waals surface area contributed by atoms with Crippen molar-refractivity contribution >= 4 is 0 Å². The summed E-state index contributed by atoms with van der Waals surface area (Å²) in [5.41, 5.74) is 0.856. The maximum atomic E-state index is 11.8. The van der Waals surface area contributed by atoms with Gasteiger partial charge in [-0.2, -0.15) is 0 Å². The lowest BCUT2D eigenvalue weighted by Crippen LogP contribution is -2.23. The summed E-state index contributed by atoms with van der Waals surface area (Å²) in [4.78, 5) is 19.4. The van der Waals surface area contributed by atoms with E-state index >= 15 is 0 Å². The molecule has 0 atom stereocenters. The van der Waals surface area contributed by atoms with Crippen LogP contribution in [0.3, 0.4) is 0 Å². The van der Waals surface area contributed by atoms with Gasteiger partial charge in [-0.05, 0) is 25.3 Å². The summed E-state index contributed by atoms with van der Waals surface area (Å²) in [5.74, 6) is 1.95. The Labute approximate surface area is 121 Å². The lowest BCUT2D eigenvalue weighted by Gasteiger charge is -2.14. The molecule has 0 aliphatic heterocycles. The molecule has 0 radical (unpaired) electrons. The van der Waals surface area contributed by atoms with E-state index in [2.05, 4.69) is 29.1 Å². The molecule has 1 fully saturated rings. The number of aromatic nitrogens is 2. The number of aromatic amines is 1. The molecule has 1 saturated carbocycles. The molecule has 0 aromatic carbocycles. The Bertz CT molecular complexity index is 459. The summed E-state index contributed by atoms with van der Waals surface area (Å²) in [6.07, 6.45) is 7.46. The van der Waals surface area contributed by atoms with Gasteiger partial charge in [-0.1, -0.05) is 39.5 Å². The number of nitrogens with zero attached hydrogens (tertiary/aromatic N) is 1. The second kappa shape index (κ2) is 7.58. The molecule has 0 unspecified atom stereocenters. The van der Waals surface area contributed by atoms with E-state index < -0.39 is 0 Å². The highest BCUT2D eigenvalue weighted by Gasteiger charge is 2.17. The fourth-order valence-corrected chi connectivity index (χ4v) is 2.85. The molecule has 4 nitrogen and oxygen atoms in total. The summed E-state index contributed by atoms with van der Waals surface area (Å²) >= 11 is 0. The number of hydrogen-bond donors (Lipinski definition) is 2. The van der Waals surface area contributed by atoms with Crippen molar-refractivity contribution in [1.82, 2.24) is 15.3 Å². The number of H-pyrrole nitrogens is 1. The lowest BCUT2D eigenvalue weighted by molar-refractivity contribution is 0.533. The fourth-order valence-electron chi connectivity index (χ4n) is 2.85. The van der Waals surface area contributed by atoms with Crippen LogP contribution in [0.25, 0.3) is 0 Å². The average molecular weight is 277 g/mol. The molecule has 1 aromatic heterocycles. The summed E-state index contributed by atoms with van der Waals surface area (Å²) in [7, 11) is 0. The first-order chi connectivity index (χ1) is 9.65. The van der Waals surface area contributed by atoms with Crippen molar-refractivity contribution in [2.45, 2.75) is 64.8 Å². The number of nitrogens with one attached hydrogen (secondary N) is 2. The molecule has 0 bridgehead atoms. The Hall–Kier alpha value is -1.16. The highest BCUT2D eigenvalue weighted by molar-refractivity contribution is 5.06. The van der Waals surface area contributed by atoms with Crippen LogP contribution in [-0.2, 0) is 6.54 Å². The third-order valence-corrected chi connectivity index (χ3v) is 3.91. The van der Waals surface area contributed by atoms with Crippen molar-refractivity contribution in [3.8, 4) is 0 Å². The molecule has 20 heavy (non-hydrogen) atoms. The number of rotatable bonds is 5. The third-order valence-electron chi connectivity index (χ3n) is 3.91. The first-order valence-corrected chi connectivity index (χ1v) is 7.96. The minimum absolute atomic E-state index is 0.0133. The summed E-state index contributed by atoms with van der Waals surface area (Å²) < 4.78 is 0. The molecule has 0 saturated heterocycles. The first-order valence-electron chi connectivity index (χ1n) is 7.96. The Kier molecular flexibility index (Phi) is 5.77. The van der Waals surface area contributed by atoms with E-state index in [-0.39, 0.29) is 5.56 Å². The fraction of sp³-hybridized carbons (Fsp3) is 0.750. The summed E-state index contributed by atoms with van der Waals surface area (Å²) in [5, 5.41) is 3.36. The Balaban J connectivity index is 2.05. The van der Waals surface area contributed by atoms with Gasteiger partial charge in [0.2, 0.25) is 0 Å². The van der Waals surface area contributed by atoms with Crippen molar-refractivity contribution in [2.24, 2.45) is 5.92 Å². The van der Waals surface area contributed by atoms with Gasteiger partial charge < -0.3 is 10.3 Å². The van der Waals surface area contributed by atoms with E-state index in [1.54, 1.807) is 6.07 Å². The second-order valence-electron chi connectivity index (χ2n) is 6.34. The van der Waals surface area contributed by atoms with Gasteiger partial charge in [0.25, 0.3) is 5.56 Å². The van der Waals surface area contributed by atoms with E-state index in [0.29, 0.717) is 18.4 Å². The second-order valence-corrected chi connectivity index (χ2v) is 6.34. The Morgan fingerprint density at radius 2 is 2.00 bits per heavy atom. The van der Waals surface area contributed by atoms with Crippen molar-refractivity contribution in [1.29, 1.82) is 0 Å². The van der Waals surface area contributed by atoms with Crippen molar-refractivity contribution in [3.63, 3.8) is 0 Å². The largest absolute Gasteiger partial charge is 0.311 e. The Morgan fingerprint density at radius 1 is 1.30 bits per heavy atom. The Morgan fingerprint density at radius 3 is 2.65 bits per heavy atom. The summed E-state index contributed by atoms with van der Waals surface area (Å²) in [6, 6.07) is 1.62. The van der Waals surface area contributed by atoms with Crippen LogP contribution in [0.4, 0.5) is 0 Å². The van der Waals surface area contributed by atoms with Crippen molar-refractivity contribution < 1.29 is 0 Å². The molecule has 1 heterocycles. The first kappa shape index (κ1) is 15.2. The monoisotopic (exact) mass is 277 g/mol. The van der Waals surface area contributed by atoms with Gasteiger partial charge in [-0.3, -0.25) is 4.79 Å². The topological polar surface area (TPSA) is 57.8 Å². The molecule has 2 N–H and O–H groups in total. The average Bonchev–Trinajstić information content (AvgIpc) is 2.66. The third kappa shape index (κ3) is 4.75. The van der Waals surface area contributed by atoms with Gasteiger partial charge in [0, 0.05) is 18.5 Å². The minimum Gasteiger partial charge on any atom is -0.311 e. The maximum absolute atomic E-state index is 11.8. The number of hydrogen-bond acceptors (Lipinski definition) is 3. The zero-order chi connectivity index (χ0) is 14.4. The molecule has 1 aliphatic rings. The standard InChI is InChI=1S/C16H27N3O/c1-12(2)10-17-11-14-9-15(20)19-16(18-14)13-7-5-3-4-6-8-13/h9,12-13,17H,3-8,10-11H2,1-2H3,(H,18,19,20). The molecular weight excluding hydrogens is 250 g/mol. The van der Waals surface area contributed by atoms with Gasteiger partial charge in [-0.15, -0.1) is 0 Å². The van der Waals surface area contributed by atoms with Gasteiger partial charge in [-0.25, -0.2) is 4.98 Å². The minimum atomic E-state index is -0.0133. The van der Waals surface area contributed by atoms with Crippen LogP contribution in [0.1, 0.15) is 69.8 Å². The van der Waals surface area contributed by atoms with E-state index in [0.717, 1.165) is 30.9 Å². The highest BCUT2D eigenvalue weighted by Crippen LogP contribution is 2.29. The van der Waals surface area contributed by atoms with Crippen LogP contribution in [-0.4, -0.2) is 16.5 Å². The van der Waals surface area contributed by atoms with Crippen molar-refractivity contribution in [3.05, 3.63) is 27.9 Å². The van der Waals surface area contributed by atoms with Gasteiger partial charge >= 0.3 is 0 Å². The van der Waals surface area contributed by atoms with Crippen LogP contribution in [0.2, 0.25) is 0 Å². The molecule has 2 rings (SSSR count). The quantitative estimate of drug-likeness (QED) is 0.814. The SMILES string of the molecule is CC(C)CNCc1cc(=O)[nH]c(C2CCCCCC2)n1. The van der Waals surface area contributed by atoms with Crippen LogP contribution in [0, 0.1) is 5.92 Å². The molecule has 0 spiro atoms. The predicted molar refractivity (Wildman–Crippen MR) is 81.8 cm³/mol.